The minimum absolute atomic E-state index is 0.130. The van der Waals surface area contributed by atoms with E-state index in [2.05, 4.69) is 15.1 Å². The topological polar surface area (TPSA) is 49.3 Å². The van der Waals surface area contributed by atoms with Gasteiger partial charge in [-0.15, -0.1) is 5.10 Å². The normalized spacial score (nSPS) is 23.1. The third-order valence-electron chi connectivity index (χ3n) is 4.30. The summed E-state index contributed by atoms with van der Waals surface area (Å²) < 4.78 is 0. The lowest BCUT2D eigenvalue weighted by atomic mass is 9.96. The maximum absolute atomic E-state index is 12.5. The molecule has 0 spiro atoms. The van der Waals surface area contributed by atoms with Crippen LogP contribution in [0.25, 0.3) is 0 Å². The van der Waals surface area contributed by atoms with Crippen LogP contribution in [0, 0.1) is 12.8 Å². The van der Waals surface area contributed by atoms with E-state index in [-0.39, 0.29) is 5.92 Å². The number of aryl methyl sites for hydroxylation is 1. The van der Waals surface area contributed by atoms with Gasteiger partial charge in [-0.25, -0.2) is 0 Å². The first-order valence-corrected chi connectivity index (χ1v) is 7.58. The van der Waals surface area contributed by atoms with Crippen LogP contribution >= 0.6 is 0 Å². The van der Waals surface area contributed by atoms with Gasteiger partial charge in [0, 0.05) is 26.2 Å². The van der Waals surface area contributed by atoms with Gasteiger partial charge in [0.1, 0.15) is 0 Å². The molecule has 108 valence electrons. The Morgan fingerprint density at radius 3 is 2.65 bits per heavy atom. The number of aromatic nitrogens is 2. The summed E-state index contributed by atoms with van der Waals surface area (Å²) in [6.45, 7) is 5.58. The van der Waals surface area contributed by atoms with E-state index < -0.39 is 0 Å². The second-order valence-electron chi connectivity index (χ2n) is 5.85. The number of anilines is 1. The third kappa shape index (κ3) is 2.76. The first-order chi connectivity index (χ1) is 9.74. The zero-order chi connectivity index (χ0) is 13.9. The van der Waals surface area contributed by atoms with Crippen molar-refractivity contribution in [3.8, 4) is 0 Å². The van der Waals surface area contributed by atoms with E-state index in [0.29, 0.717) is 5.91 Å². The fourth-order valence-corrected chi connectivity index (χ4v) is 3.14. The summed E-state index contributed by atoms with van der Waals surface area (Å²) in [6.07, 6.45) is 4.38. The molecule has 2 fully saturated rings. The standard InChI is InChI=1S/C15H22N4O/c1-12-6-7-14(17-16-12)19-10-4-5-13(11-19)15(20)18-8-2-3-9-18/h6-7,13H,2-5,8-11H2,1H3. The summed E-state index contributed by atoms with van der Waals surface area (Å²) in [4.78, 5) is 16.7. The Morgan fingerprint density at radius 1 is 1.15 bits per heavy atom. The van der Waals surface area contributed by atoms with Crippen molar-refractivity contribution in [1.82, 2.24) is 15.1 Å². The Labute approximate surface area is 120 Å². The number of rotatable bonds is 2. The molecule has 0 radical (unpaired) electrons. The summed E-state index contributed by atoms with van der Waals surface area (Å²) >= 11 is 0. The van der Waals surface area contributed by atoms with Gasteiger partial charge in [0.2, 0.25) is 5.91 Å². The molecule has 5 heteroatoms. The summed E-state index contributed by atoms with van der Waals surface area (Å²) in [5.41, 5.74) is 0.926. The van der Waals surface area contributed by atoms with Crippen molar-refractivity contribution in [3.05, 3.63) is 17.8 Å². The first-order valence-electron chi connectivity index (χ1n) is 7.58. The van der Waals surface area contributed by atoms with Gasteiger partial charge >= 0.3 is 0 Å². The largest absolute Gasteiger partial charge is 0.354 e. The fraction of sp³-hybridized carbons (Fsp3) is 0.667. The van der Waals surface area contributed by atoms with Crippen LogP contribution in [-0.2, 0) is 4.79 Å². The quantitative estimate of drug-likeness (QED) is 0.822. The Kier molecular flexibility index (Phi) is 3.85. The summed E-state index contributed by atoms with van der Waals surface area (Å²) in [7, 11) is 0. The van der Waals surface area contributed by atoms with Crippen molar-refractivity contribution in [1.29, 1.82) is 0 Å². The number of nitrogens with zero attached hydrogens (tertiary/aromatic N) is 4. The van der Waals surface area contributed by atoms with E-state index in [4.69, 9.17) is 0 Å². The van der Waals surface area contributed by atoms with Crippen LogP contribution < -0.4 is 4.90 Å². The van der Waals surface area contributed by atoms with Gasteiger partial charge in [-0.05, 0) is 44.7 Å². The fourth-order valence-electron chi connectivity index (χ4n) is 3.14. The lowest BCUT2D eigenvalue weighted by molar-refractivity contribution is -0.134. The zero-order valence-corrected chi connectivity index (χ0v) is 12.1. The third-order valence-corrected chi connectivity index (χ3v) is 4.30. The van der Waals surface area contributed by atoms with Crippen molar-refractivity contribution in [2.45, 2.75) is 32.6 Å². The number of piperidine rings is 1. The molecule has 1 aromatic rings. The lowest BCUT2D eigenvalue weighted by Gasteiger charge is -2.34. The molecule has 1 unspecified atom stereocenters. The van der Waals surface area contributed by atoms with Crippen LogP contribution in [0.1, 0.15) is 31.4 Å². The number of likely N-dealkylation sites (tertiary alicyclic amines) is 1. The van der Waals surface area contributed by atoms with E-state index in [0.717, 1.165) is 63.4 Å². The van der Waals surface area contributed by atoms with Gasteiger partial charge in [-0.1, -0.05) is 0 Å². The molecule has 0 aromatic carbocycles. The number of hydrogen-bond donors (Lipinski definition) is 0. The highest BCUT2D eigenvalue weighted by molar-refractivity contribution is 5.80. The highest BCUT2D eigenvalue weighted by Gasteiger charge is 2.30. The van der Waals surface area contributed by atoms with Gasteiger partial charge in [0.15, 0.2) is 5.82 Å². The molecule has 5 nitrogen and oxygen atoms in total. The number of carbonyl (C=O) groups is 1. The average Bonchev–Trinajstić information content (AvgIpc) is 3.01. The van der Waals surface area contributed by atoms with Gasteiger partial charge in [0.25, 0.3) is 0 Å². The molecule has 1 atom stereocenters. The maximum atomic E-state index is 12.5. The molecule has 0 N–H and O–H groups in total. The molecule has 3 heterocycles. The minimum Gasteiger partial charge on any atom is -0.354 e. The SMILES string of the molecule is Cc1ccc(N2CCCC(C(=O)N3CCCC3)C2)nn1. The number of hydrogen-bond acceptors (Lipinski definition) is 4. The first kappa shape index (κ1) is 13.3. The Balaban J connectivity index is 1.66. The Morgan fingerprint density at radius 2 is 1.95 bits per heavy atom. The molecule has 3 rings (SSSR count). The molecule has 0 aliphatic carbocycles. The molecule has 20 heavy (non-hydrogen) atoms. The molecule has 0 bridgehead atoms. The molecule has 1 aromatic heterocycles. The van der Waals surface area contributed by atoms with Crippen LogP contribution in [0.2, 0.25) is 0 Å². The van der Waals surface area contributed by atoms with Crippen LogP contribution in [-0.4, -0.2) is 47.2 Å². The lowest BCUT2D eigenvalue weighted by Crippen LogP contribution is -2.44. The predicted octanol–water partition coefficient (Wildman–Crippen LogP) is 1.62. The molecule has 1 amide bonds. The zero-order valence-electron chi connectivity index (χ0n) is 12.1. The molecular formula is C15H22N4O. The van der Waals surface area contributed by atoms with Crippen molar-refractivity contribution in [2.24, 2.45) is 5.92 Å². The van der Waals surface area contributed by atoms with Gasteiger partial charge in [-0.2, -0.15) is 5.10 Å². The maximum Gasteiger partial charge on any atom is 0.227 e. The van der Waals surface area contributed by atoms with E-state index in [9.17, 15) is 4.79 Å². The summed E-state index contributed by atoms with van der Waals surface area (Å²) in [6, 6.07) is 3.99. The van der Waals surface area contributed by atoms with E-state index in [1.807, 2.05) is 24.0 Å². The number of amides is 1. The second-order valence-corrected chi connectivity index (χ2v) is 5.85. The number of carbonyl (C=O) groups excluding carboxylic acids is 1. The predicted molar refractivity (Wildman–Crippen MR) is 77.5 cm³/mol. The smallest absolute Gasteiger partial charge is 0.227 e. The van der Waals surface area contributed by atoms with E-state index in [1.165, 1.54) is 0 Å². The highest BCUT2D eigenvalue weighted by atomic mass is 16.2. The minimum atomic E-state index is 0.130. The van der Waals surface area contributed by atoms with Crippen molar-refractivity contribution in [3.63, 3.8) is 0 Å². The molecule has 2 aliphatic rings. The molecular weight excluding hydrogens is 252 g/mol. The molecule has 2 saturated heterocycles. The van der Waals surface area contributed by atoms with Crippen LogP contribution in [0.5, 0.6) is 0 Å². The summed E-state index contributed by atoms with van der Waals surface area (Å²) in [5.74, 6) is 1.37. The van der Waals surface area contributed by atoms with Crippen molar-refractivity contribution in [2.75, 3.05) is 31.1 Å². The second kappa shape index (κ2) is 5.77. The van der Waals surface area contributed by atoms with E-state index in [1.54, 1.807) is 0 Å². The van der Waals surface area contributed by atoms with Crippen molar-refractivity contribution < 1.29 is 4.79 Å². The van der Waals surface area contributed by atoms with E-state index >= 15 is 0 Å². The van der Waals surface area contributed by atoms with Gasteiger partial charge < -0.3 is 9.80 Å². The molecule has 2 aliphatic heterocycles. The molecule has 0 saturated carbocycles. The Bertz CT molecular complexity index is 467. The van der Waals surface area contributed by atoms with Crippen molar-refractivity contribution >= 4 is 11.7 Å². The van der Waals surface area contributed by atoms with Gasteiger partial charge in [0.05, 0.1) is 11.6 Å². The van der Waals surface area contributed by atoms with Gasteiger partial charge in [-0.3, -0.25) is 4.79 Å². The highest BCUT2D eigenvalue weighted by Crippen LogP contribution is 2.24. The van der Waals surface area contributed by atoms with Crippen LogP contribution in [0.3, 0.4) is 0 Å². The Hall–Kier alpha value is -1.65. The van der Waals surface area contributed by atoms with Crippen LogP contribution in [0.4, 0.5) is 5.82 Å². The van der Waals surface area contributed by atoms with Crippen LogP contribution in [0.15, 0.2) is 12.1 Å². The average molecular weight is 274 g/mol. The summed E-state index contributed by atoms with van der Waals surface area (Å²) in [5, 5.41) is 8.36. The monoisotopic (exact) mass is 274 g/mol.